The van der Waals surface area contributed by atoms with E-state index in [0.29, 0.717) is 6.04 Å². The van der Waals surface area contributed by atoms with Crippen molar-refractivity contribution in [2.45, 2.75) is 18.9 Å². The zero-order valence-corrected chi connectivity index (χ0v) is 12.3. The van der Waals surface area contributed by atoms with Crippen LogP contribution in [0.4, 0.5) is 15.8 Å². The van der Waals surface area contributed by atoms with Crippen LogP contribution in [0, 0.1) is 5.82 Å². The van der Waals surface area contributed by atoms with Crippen molar-refractivity contribution in [2.75, 3.05) is 27.8 Å². The Balaban J connectivity index is 2.11. The Morgan fingerprint density at radius 2 is 2.21 bits per heavy atom. The summed E-state index contributed by atoms with van der Waals surface area (Å²) >= 11 is 1.89. The number of hydrogen-bond acceptors (Lipinski definition) is 4. The van der Waals surface area contributed by atoms with Crippen molar-refractivity contribution in [1.82, 2.24) is 0 Å². The van der Waals surface area contributed by atoms with Crippen LogP contribution >= 0.6 is 11.8 Å². The number of rotatable bonds is 4. The van der Waals surface area contributed by atoms with E-state index in [4.69, 9.17) is 0 Å². The van der Waals surface area contributed by atoms with E-state index in [-0.39, 0.29) is 5.69 Å². The van der Waals surface area contributed by atoms with Crippen LogP contribution in [0.3, 0.4) is 0 Å². The molecule has 2 N–H and O–H groups in total. The first-order valence-corrected chi connectivity index (χ1v) is 9.10. The summed E-state index contributed by atoms with van der Waals surface area (Å²) < 4.78 is 38.0. The minimum Gasteiger partial charge on any atom is -0.381 e. The smallest absolute Gasteiger partial charge is 0.229 e. The highest BCUT2D eigenvalue weighted by atomic mass is 32.2. The highest BCUT2D eigenvalue weighted by molar-refractivity contribution is 7.99. The minimum atomic E-state index is -3.47. The van der Waals surface area contributed by atoms with E-state index < -0.39 is 15.8 Å². The van der Waals surface area contributed by atoms with Crippen LogP contribution in [0.25, 0.3) is 0 Å². The van der Waals surface area contributed by atoms with Crippen molar-refractivity contribution < 1.29 is 12.8 Å². The van der Waals surface area contributed by atoms with Gasteiger partial charge in [0.25, 0.3) is 0 Å². The third-order valence-electron chi connectivity index (χ3n) is 2.79. The Hall–Kier alpha value is -0.950. The van der Waals surface area contributed by atoms with Crippen LogP contribution in [0.15, 0.2) is 18.2 Å². The van der Waals surface area contributed by atoms with Gasteiger partial charge >= 0.3 is 0 Å². The third-order valence-corrected chi connectivity index (χ3v) is 4.60. The van der Waals surface area contributed by atoms with E-state index in [1.807, 2.05) is 11.8 Å². The van der Waals surface area contributed by atoms with Gasteiger partial charge in [-0.15, -0.1) is 0 Å². The summed E-state index contributed by atoms with van der Waals surface area (Å²) in [6.07, 6.45) is 3.25. The maximum Gasteiger partial charge on any atom is 0.229 e. The Labute approximate surface area is 117 Å². The van der Waals surface area contributed by atoms with Gasteiger partial charge < -0.3 is 5.32 Å². The van der Waals surface area contributed by atoms with Crippen molar-refractivity contribution >= 4 is 33.2 Å². The Kier molecular flexibility index (Phi) is 4.57. The molecule has 0 bridgehead atoms. The molecule has 1 fully saturated rings. The molecule has 1 aromatic rings. The lowest BCUT2D eigenvalue weighted by Gasteiger charge is -2.23. The van der Waals surface area contributed by atoms with Crippen molar-refractivity contribution in [3.05, 3.63) is 24.0 Å². The number of hydrogen-bond donors (Lipinski definition) is 2. The van der Waals surface area contributed by atoms with Crippen LogP contribution in [0.2, 0.25) is 0 Å². The van der Waals surface area contributed by atoms with E-state index >= 15 is 0 Å². The van der Waals surface area contributed by atoms with Gasteiger partial charge in [-0.3, -0.25) is 4.72 Å². The Morgan fingerprint density at radius 3 is 2.84 bits per heavy atom. The molecule has 0 aliphatic carbocycles. The van der Waals surface area contributed by atoms with Crippen molar-refractivity contribution in [2.24, 2.45) is 0 Å². The van der Waals surface area contributed by atoms with E-state index in [0.717, 1.165) is 30.5 Å². The number of benzene rings is 1. The summed E-state index contributed by atoms with van der Waals surface area (Å²) in [4.78, 5) is 0. The summed E-state index contributed by atoms with van der Waals surface area (Å²) in [6, 6.07) is 4.75. The average molecular weight is 304 g/mol. The minimum absolute atomic E-state index is 0.0176. The molecular formula is C12H17FN2O2S2. The second-order valence-corrected chi connectivity index (χ2v) is 7.53. The molecule has 19 heavy (non-hydrogen) atoms. The highest BCUT2D eigenvalue weighted by Gasteiger charge is 2.14. The average Bonchev–Trinajstić information content (AvgIpc) is 2.33. The monoisotopic (exact) mass is 304 g/mol. The quantitative estimate of drug-likeness (QED) is 0.897. The van der Waals surface area contributed by atoms with E-state index in [9.17, 15) is 12.8 Å². The van der Waals surface area contributed by atoms with Crippen LogP contribution in [-0.2, 0) is 10.0 Å². The van der Waals surface area contributed by atoms with Gasteiger partial charge in [0, 0.05) is 17.5 Å². The molecule has 1 heterocycles. The number of nitrogens with one attached hydrogen (secondary N) is 2. The van der Waals surface area contributed by atoms with Crippen LogP contribution in [-0.4, -0.2) is 32.2 Å². The summed E-state index contributed by atoms with van der Waals surface area (Å²) in [5.74, 6) is 1.63. The molecule has 2 rings (SSSR count). The number of anilines is 2. The lowest BCUT2D eigenvalue weighted by Crippen LogP contribution is -2.25. The molecule has 1 aliphatic heterocycles. The van der Waals surface area contributed by atoms with Crippen molar-refractivity contribution in [3.8, 4) is 0 Å². The molecule has 1 saturated heterocycles. The molecule has 0 aromatic heterocycles. The van der Waals surface area contributed by atoms with Crippen LogP contribution < -0.4 is 10.0 Å². The molecule has 0 amide bonds. The summed E-state index contributed by atoms with van der Waals surface area (Å²) in [6.45, 7) is 0. The van der Waals surface area contributed by atoms with Crippen molar-refractivity contribution in [1.29, 1.82) is 0 Å². The molecule has 1 aromatic carbocycles. The first kappa shape index (κ1) is 14.5. The molecular weight excluding hydrogens is 287 g/mol. The van der Waals surface area contributed by atoms with E-state index in [1.54, 1.807) is 6.07 Å². The first-order valence-electron chi connectivity index (χ1n) is 6.06. The second kappa shape index (κ2) is 6.00. The van der Waals surface area contributed by atoms with E-state index in [1.165, 1.54) is 17.9 Å². The van der Waals surface area contributed by atoms with Gasteiger partial charge in [0.15, 0.2) is 0 Å². The van der Waals surface area contributed by atoms with Gasteiger partial charge in [-0.25, -0.2) is 12.8 Å². The van der Waals surface area contributed by atoms with Gasteiger partial charge in [0.05, 0.1) is 11.9 Å². The molecule has 106 valence electrons. The second-order valence-electron chi connectivity index (χ2n) is 4.63. The molecule has 0 spiro atoms. The maximum absolute atomic E-state index is 13.5. The molecule has 1 aliphatic rings. The summed E-state index contributed by atoms with van der Waals surface area (Å²) in [5.41, 5.74) is 0.719. The molecule has 1 unspecified atom stereocenters. The highest BCUT2D eigenvalue weighted by Crippen LogP contribution is 2.24. The molecule has 0 radical (unpaired) electrons. The fourth-order valence-electron chi connectivity index (χ4n) is 1.98. The predicted molar refractivity (Wildman–Crippen MR) is 78.8 cm³/mol. The largest absolute Gasteiger partial charge is 0.381 e. The zero-order chi connectivity index (χ0) is 13.9. The summed E-state index contributed by atoms with van der Waals surface area (Å²) in [5, 5.41) is 3.31. The Bertz CT molecular complexity index is 543. The predicted octanol–water partition coefficient (Wildman–Crippen LogP) is 2.50. The zero-order valence-electron chi connectivity index (χ0n) is 10.6. The SMILES string of the molecule is CS(=O)(=O)Nc1cc(NC2CCCSC2)ccc1F. The molecule has 1 atom stereocenters. The lowest BCUT2D eigenvalue weighted by molar-refractivity contribution is 0.603. The standard InChI is InChI=1S/C12H17FN2O2S2/c1-19(16,17)15-12-7-9(4-5-11(12)13)14-10-3-2-6-18-8-10/h4-5,7,10,14-15H,2-3,6,8H2,1H3. The maximum atomic E-state index is 13.5. The lowest BCUT2D eigenvalue weighted by atomic mass is 10.1. The van der Waals surface area contributed by atoms with Gasteiger partial charge in [0.1, 0.15) is 5.82 Å². The number of thioether (sulfide) groups is 1. The Morgan fingerprint density at radius 1 is 1.42 bits per heavy atom. The van der Waals surface area contributed by atoms with Gasteiger partial charge in [-0.2, -0.15) is 11.8 Å². The van der Waals surface area contributed by atoms with E-state index in [2.05, 4.69) is 10.0 Å². The normalized spacial score (nSPS) is 20.0. The topological polar surface area (TPSA) is 58.2 Å². The fraction of sp³-hybridized carbons (Fsp3) is 0.500. The fourth-order valence-corrected chi connectivity index (χ4v) is 3.61. The van der Waals surface area contributed by atoms with Crippen LogP contribution in [0.1, 0.15) is 12.8 Å². The van der Waals surface area contributed by atoms with Gasteiger partial charge in [-0.05, 0) is 36.8 Å². The summed E-state index contributed by atoms with van der Waals surface area (Å²) in [7, 11) is -3.47. The van der Waals surface area contributed by atoms with Gasteiger partial charge in [0.2, 0.25) is 10.0 Å². The van der Waals surface area contributed by atoms with Gasteiger partial charge in [-0.1, -0.05) is 0 Å². The molecule has 0 saturated carbocycles. The molecule has 7 heteroatoms. The number of halogens is 1. The van der Waals surface area contributed by atoms with Crippen molar-refractivity contribution in [3.63, 3.8) is 0 Å². The third kappa shape index (κ3) is 4.58. The first-order chi connectivity index (χ1) is 8.94. The van der Waals surface area contributed by atoms with Crippen LogP contribution in [0.5, 0.6) is 0 Å². The molecule has 4 nitrogen and oxygen atoms in total. The number of sulfonamides is 1.